The average molecular weight is 275 g/mol. The van der Waals surface area contributed by atoms with Crippen LogP contribution in [0.1, 0.15) is 38.6 Å². The molecule has 2 unspecified atom stereocenters. The van der Waals surface area contributed by atoms with Crippen LogP contribution in [0.3, 0.4) is 0 Å². The number of halogens is 1. The highest BCUT2D eigenvalue weighted by Gasteiger charge is 2.29. The quantitative estimate of drug-likeness (QED) is 0.906. The minimum Gasteiger partial charge on any atom is -0.329 e. The molecule has 0 amide bonds. The van der Waals surface area contributed by atoms with Gasteiger partial charge in [0, 0.05) is 17.5 Å². The summed E-state index contributed by atoms with van der Waals surface area (Å²) in [5, 5.41) is 0. The van der Waals surface area contributed by atoms with Gasteiger partial charge in [0.05, 0.1) is 10.4 Å². The van der Waals surface area contributed by atoms with Gasteiger partial charge in [0.2, 0.25) is 0 Å². The van der Waals surface area contributed by atoms with Crippen LogP contribution in [0.25, 0.3) is 0 Å². The van der Waals surface area contributed by atoms with E-state index in [1.54, 1.807) is 11.3 Å². The summed E-state index contributed by atoms with van der Waals surface area (Å²) in [5.41, 5.74) is 6.16. The highest BCUT2D eigenvalue weighted by Crippen LogP contribution is 2.33. The first-order valence-electron chi connectivity index (χ1n) is 5.94. The van der Waals surface area contributed by atoms with Crippen molar-refractivity contribution in [1.82, 2.24) is 4.90 Å². The van der Waals surface area contributed by atoms with Crippen LogP contribution in [0, 0.1) is 5.41 Å². The van der Waals surface area contributed by atoms with Crippen molar-refractivity contribution in [2.45, 2.75) is 39.8 Å². The fraction of sp³-hybridized carbons (Fsp3) is 0.692. The Bertz CT molecular complexity index is 357. The molecular weight excluding hydrogens is 252 g/mol. The molecule has 0 saturated carbocycles. The Balaban J connectivity index is 2.88. The molecule has 0 aliphatic rings. The molecule has 0 aliphatic heterocycles. The van der Waals surface area contributed by atoms with E-state index in [0.29, 0.717) is 12.6 Å². The van der Waals surface area contributed by atoms with Crippen molar-refractivity contribution in [1.29, 1.82) is 0 Å². The molecule has 17 heavy (non-hydrogen) atoms. The first-order valence-corrected chi connectivity index (χ1v) is 7.14. The van der Waals surface area contributed by atoms with Gasteiger partial charge in [0.25, 0.3) is 0 Å². The highest BCUT2D eigenvalue weighted by atomic mass is 35.5. The van der Waals surface area contributed by atoms with Crippen molar-refractivity contribution >= 4 is 22.9 Å². The third-order valence-corrected chi connectivity index (χ3v) is 4.83. The Kier molecular flexibility index (Phi) is 5.02. The number of nitrogens with zero attached hydrogens (tertiary/aromatic N) is 1. The number of nitrogens with two attached hydrogens (primary N) is 1. The molecule has 0 spiro atoms. The van der Waals surface area contributed by atoms with Crippen LogP contribution in [-0.4, -0.2) is 24.5 Å². The normalized spacial score (nSPS) is 16.2. The maximum Gasteiger partial charge on any atom is 0.0931 e. The van der Waals surface area contributed by atoms with E-state index in [4.69, 9.17) is 17.3 Å². The lowest BCUT2D eigenvalue weighted by atomic mass is 9.86. The second kappa shape index (κ2) is 5.70. The predicted octanol–water partition coefficient (Wildman–Crippen LogP) is 3.77. The molecule has 0 aromatic carbocycles. The maximum atomic E-state index is 5.99. The first-order chi connectivity index (χ1) is 7.77. The Morgan fingerprint density at radius 2 is 2.00 bits per heavy atom. The van der Waals surface area contributed by atoms with Gasteiger partial charge in [-0.25, -0.2) is 0 Å². The summed E-state index contributed by atoms with van der Waals surface area (Å²) in [6, 6.07) is 4.73. The third-order valence-electron chi connectivity index (χ3n) is 3.50. The Morgan fingerprint density at radius 3 is 2.35 bits per heavy atom. The lowest BCUT2D eigenvalue weighted by Crippen LogP contribution is -2.43. The van der Waals surface area contributed by atoms with Gasteiger partial charge in [0.1, 0.15) is 0 Å². The van der Waals surface area contributed by atoms with Crippen LogP contribution in [-0.2, 0) is 0 Å². The van der Waals surface area contributed by atoms with E-state index in [1.807, 2.05) is 6.07 Å². The number of hydrogen-bond donors (Lipinski definition) is 1. The molecule has 2 atom stereocenters. The topological polar surface area (TPSA) is 29.3 Å². The van der Waals surface area contributed by atoms with Gasteiger partial charge in [-0.3, -0.25) is 4.90 Å². The molecule has 2 N–H and O–H groups in total. The van der Waals surface area contributed by atoms with Gasteiger partial charge in [-0.05, 0) is 31.5 Å². The molecule has 0 aliphatic carbocycles. The summed E-state index contributed by atoms with van der Waals surface area (Å²) in [6.45, 7) is 9.63. The molecule has 1 aromatic heterocycles. The van der Waals surface area contributed by atoms with Crippen molar-refractivity contribution in [2.24, 2.45) is 11.1 Å². The summed E-state index contributed by atoms with van der Waals surface area (Å²) in [4.78, 5) is 3.60. The fourth-order valence-corrected chi connectivity index (χ4v) is 3.10. The van der Waals surface area contributed by atoms with Gasteiger partial charge in [0.15, 0.2) is 0 Å². The van der Waals surface area contributed by atoms with E-state index in [9.17, 15) is 0 Å². The van der Waals surface area contributed by atoms with Crippen LogP contribution in [0.4, 0.5) is 0 Å². The minimum absolute atomic E-state index is 0.239. The number of rotatable bonds is 4. The standard InChI is InChI=1S/C13H23ClN2S/c1-9(13(2,3)4)16(5)10(8-15)11-6-7-12(14)17-11/h6-7,9-10H,8,15H2,1-5H3. The Hall–Kier alpha value is -0.0900. The number of thiophene rings is 1. The van der Waals surface area contributed by atoms with E-state index in [2.05, 4.69) is 45.7 Å². The molecule has 0 bridgehead atoms. The van der Waals surface area contributed by atoms with E-state index < -0.39 is 0 Å². The average Bonchev–Trinajstić information content (AvgIpc) is 2.63. The van der Waals surface area contributed by atoms with Gasteiger partial charge < -0.3 is 5.73 Å². The summed E-state index contributed by atoms with van der Waals surface area (Å²) in [6.07, 6.45) is 0. The van der Waals surface area contributed by atoms with Crippen molar-refractivity contribution in [2.75, 3.05) is 13.6 Å². The number of hydrogen-bond acceptors (Lipinski definition) is 3. The fourth-order valence-electron chi connectivity index (χ4n) is 1.87. The second-order valence-corrected chi connectivity index (χ2v) is 7.35. The smallest absolute Gasteiger partial charge is 0.0931 e. The molecule has 0 radical (unpaired) electrons. The van der Waals surface area contributed by atoms with Crippen LogP contribution < -0.4 is 5.73 Å². The molecule has 2 nitrogen and oxygen atoms in total. The van der Waals surface area contributed by atoms with Gasteiger partial charge in [-0.15, -0.1) is 11.3 Å². The molecule has 0 fully saturated rings. The zero-order valence-electron chi connectivity index (χ0n) is 11.3. The van der Waals surface area contributed by atoms with Crippen LogP contribution in [0.5, 0.6) is 0 Å². The van der Waals surface area contributed by atoms with E-state index >= 15 is 0 Å². The minimum atomic E-state index is 0.239. The molecule has 1 aromatic rings. The molecule has 1 rings (SSSR count). The zero-order valence-corrected chi connectivity index (χ0v) is 12.9. The predicted molar refractivity (Wildman–Crippen MR) is 77.8 cm³/mol. The van der Waals surface area contributed by atoms with Crippen molar-refractivity contribution < 1.29 is 0 Å². The number of likely N-dealkylation sites (N-methyl/N-ethyl adjacent to an activating group) is 1. The molecule has 0 saturated heterocycles. The summed E-state index contributed by atoms with van der Waals surface area (Å²) >= 11 is 7.62. The van der Waals surface area contributed by atoms with Crippen molar-refractivity contribution in [3.63, 3.8) is 0 Å². The molecule has 1 heterocycles. The largest absolute Gasteiger partial charge is 0.329 e. The first kappa shape index (κ1) is 15.0. The summed E-state index contributed by atoms with van der Waals surface area (Å²) < 4.78 is 0.829. The lowest BCUT2D eigenvalue weighted by molar-refractivity contribution is 0.102. The van der Waals surface area contributed by atoms with Crippen LogP contribution in [0.2, 0.25) is 4.34 Å². The lowest BCUT2D eigenvalue weighted by Gasteiger charge is -2.39. The zero-order chi connectivity index (χ0) is 13.2. The van der Waals surface area contributed by atoms with Crippen LogP contribution in [0.15, 0.2) is 12.1 Å². The van der Waals surface area contributed by atoms with Gasteiger partial charge >= 0.3 is 0 Å². The molecule has 4 heteroatoms. The Labute approximate surface area is 114 Å². The van der Waals surface area contributed by atoms with E-state index in [-0.39, 0.29) is 11.5 Å². The highest BCUT2D eigenvalue weighted by molar-refractivity contribution is 7.16. The third kappa shape index (κ3) is 3.68. The molecular formula is C13H23ClN2S. The van der Waals surface area contributed by atoms with Crippen LogP contribution >= 0.6 is 22.9 Å². The van der Waals surface area contributed by atoms with Crippen molar-refractivity contribution in [3.8, 4) is 0 Å². The molecule has 98 valence electrons. The van der Waals surface area contributed by atoms with E-state index in [1.165, 1.54) is 4.88 Å². The SMILES string of the molecule is CC(N(C)C(CN)c1ccc(Cl)s1)C(C)(C)C. The van der Waals surface area contributed by atoms with E-state index in [0.717, 1.165) is 4.34 Å². The Morgan fingerprint density at radius 1 is 1.41 bits per heavy atom. The summed E-state index contributed by atoms with van der Waals surface area (Å²) in [7, 11) is 2.14. The summed E-state index contributed by atoms with van der Waals surface area (Å²) in [5.74, 6) is 0. The van der Waals surface area contributed by atoms with Gasteiger partial charge in [-0.2, -0.15) is 0 Å². The van der Waals surface area contributed by atoms with Gasteiger partial charge in [-0.1, -0.05) is 32.4 Å². The van der Waals surface area contributed by atoms with Crippen molar-refractivity contribution in [3.05, 3.63) is 21.3 Å². The maximum absolute atomic E-state index is 5.99. The second-order valence-electron chi connectivity index (χ2n) is 5.60. The monoisotopic (exact) mass is 274 g/mol.